The second-order valence-electron chi connectivity index (χ2n) is 7.90. The van der Waals surface area contributed by atoms with Gasteiger partial charge in [-0.25, -0.2) is 19.3 Å². The lowest BCUT2D eigenvalue weighted by molar-refractivity contribution is 0.613. The van der Waals surface area contributed by atoms with Crippen molar-refractivity contribution in [3.8, 4) is 11.4 Å². The number of hydrogen-bond donors (Lipinski definition) is 1. The summed E-state index contributed by atoms with van der Waals surface area (Å²) in [5.41, 5.74) is 3.64. The zero-order valence-electron chi connectivity index (χ0n) is 18.5. The molecule has 164 valence electrons. The molecule has 32 heavy (non-hydrogen) atoms. The van der Waals surface area contributed by atoms with Crippen LogP contribution in [0.2, 0.25) is 0 Å². The van der Waals surface area contributed by atoms with E-state index in [4.69, 9.17) is 9.97 Å². The van der Waals surface area contributed by atoms with Gasteiger partial charge in [0.2, 0.25) is 0 Å². The Morgan fingerprint density at radius 3 is 2.84 bits per heavy atom. The Morgan fingerprint density at radius 1 is 1.25 bits per heavy atom. The Kier molecular flexibility index (Phi) is 6.46. The van der Waals surface area contributed by atoms with Gasteiger partial charge in [0.1, 0.15) is 11.3 Å². The molecule has 3 aromatic heterocycles. The van der Waals surface area contributed by atoms with Crippen LogP contribution >= 0.6 is 11.3 Å². The Labute approximate surface area is 191 Å². The Bertz CT molecular complexity index is 1330. The molecule has 0 spiro atoms. The number of hydrogen-bond acceptors (Lipinski definition) is 5. The second-order valence-corrected chi connectivity index (χ2v) is 8.82. The molecule has 0 aliphatic rings. The van der Waals surface area contributed by atoms with E-state index in [-0.39, 0.29) is 11.9 Å². The molecule has 0 amide bonds. The predicted octanol–water partition coefficient (Wildman–Crippen LogP) is 7.08. The smallest absolute Gasteiger partial charge is 0.166 e. The molecule has 5 nitrogen and oxygen atoms in total. The fraction of sp³-hybridized carbons (Fsp3) is 0.240. The molecule has 1 aromatic carbocycles. The van der Waals surface area contributed by atoms with Crippen LogP contribution in [-0.2, 0) is 0 Å². The average molecular weight is 448 g/mol. The maximum atomic E-state index is 13.3. The van der Waals surface area contributed by atoms with Crippen molar-refractivity contribution in [3.05, 3.63) is 72.2 Å². The van der Waals surface area contributed by atoms with E-state index >= 15 is 0 Å². The van der Waals surface area contributed by atoms with E-state index in [1.807, 2.05) is 25.4 Å². The van der Waals surface area contributed by atoms with Crippen molar-refractivity contribution >= 4 is 38.4 Å². The van der Waals surface area contributed by atoms with Crippen molar-refractivity contribution in [3.63, 3.8) is 0 Å². The largest absolute Gasteiger partial charge is 0.368 e. The fourth-order valence-electron chi connectivity index (χ4n) is 3.44. The lowest BCUT2D eigenvalue weighted by Crippen LogP contribution is -2.07. The van der Waals surface area contributed by atoms with Crippen molar-refractivity contribution in [2.45, 2.75) is 33.2 Å². The molecule has 7 heteroatoms. The molecular weight excluding hydrogens is 421 g/mol. The average Bonchev–Trinajstić information content (AvgIpc) is 3.41. The summed E-state index contributed by atoms with van der Waals surface area (Å²) in [5.74, 6) is 1.05. The summed E-state index contributed by atoms with van der Waals surface area (Å²) >= 11 is 1.69. The molecule has 0 aliphatic carbocycles. The topological polar surface area (TPSA) is 55.6 Å². The monoisotopic (exact) mass is 447 g/mol. The zero-order chi connectivity index (χ0) is 22.7. The van der Waals surface area contributed by atoms with Gasteiger partial charge in [-0.3, -0.25) is 0 Å². The lowest BCUT2D eigenvalue weighted by Gasteiger charge is -2.11. The van der Waals surface area contributed by atoms with E-state index in [9.17, 15) is 4.39 Å². The van der Waals surface area contributed by atoms with Crippen LogP contribution in [0.1, 0.15) is 33.2 Å². The first-order chi connectivity index (χ1) is 15.5. The summed E-state index contributed by atoms with van der Waals surface area (Å²) in [5, 5.41) is 6.68. The minimum Gasteiger partial charge on any atom is -0.368 e. The van der Waals surface area contributed by atoms with Crippen LogP contribution in [-0.4, -0.2) is 26.1 Å². The minimum atomic E-state index is -0.346. The number of halogens is 1. The Morgan fingerprint density at radius 2 is 2.06 bits per heavy atom. The molecule has 0 saturated carbocycles. The third kappa shape index (κ3) is 4.48. The number of anilines is 1. The highest BCUT2D eigenvalue weighted by Crippen LogP contribution is 2.34. The summed E-state index contributed by atoms with van der Waals surface area (Å²) in [6.07, 6.45) is 6.95. The molecule has 0 bridgehead atoms. The standard InChI is InChI=1S/C25H26FN5S/c1-5-18(26)11-10-17(4)12-13-27-24-22-25(31(15-28-22)16(2)3)30-23(29-24)20-14-32-21-9-7-6-8-19(20)21/h5-11,14-16H,1,12-13H2,2-4H3,(H,27,29,30)/b17-10+,18-11+. The van der Waals surface area contributed by atoms with Crippen LogP contribution in [0.4, 0.5) is 10.2 Å². The van der Waals surface area contributed by atoms with E-state index < -0.39 is 0 Å². The molecule has 0 aliphatic heterocycles. The molecule has 0 radical (unpaired) electrons. The highest BCUT2D eigenvalue weighted by molar-refractivity contribution is 7.17. The van der Waals surface area contributed by atoms with Gasteiger partial charge in [0.05, 0.1) is 6.33 Å². The van der Waals surface area contributed by atoms with Crippen LogP contribution in [0.5, 0.6) is 0 Å². The zero-order valence-corrected chi connectivity index (χ0v) is 19.3. The van der Waals surface area contributed by atoms with Crippen molar-refractivity contribution in [2.75, 3.05) is 11.9 Å². The van der Waals surface area contributed by atoms with E-state index in [0.717, 1.165) is 34.1 Å². The van der Waals surface area contributed by atoms with Crippen molar-refractivity contribution in [1.82, 2.24) is 19.5 Å². The highest BCUT2D eigenvalue weighted by Gasteiger charge is 2.17. The minimum absolute atomic E-state index is 0.228. The number of rotatable bonds is 8. The molecular formula is C25H26FN5S. The van der Waals surface area contributed by atoms with Gasteiger partial charge in [0, 0.05) is 33.6 Å². The summed E-state index contributed by atoms with van der Waals surface area (Å²) in [6, 6.07) is 8.52. The number of nitrogens with one attached hydrogen (secondary N) is 1. The number of nitrogens with zero attached hydrogens (tertiary/aromatic N) is 4. The first-order valence-corrected chi connectivity index (χ1v) is 11.5. The predicted molar refractivity (Wildman–Crippen MR) is 133 cm³/mol. The molecule has 4 rings (SSSR count). The summed E-state index contributed by atoms with van der Waals surface area (Å²) in [4.78, 5) is 14.3. The van der Waals surface area contributed by atoms with Crippen molar-refractivity contribution in [1.29, 1.82) is 0 Å². The molecule has 4 aromatic rings. The van der Waals surface area contributed by atoms with E-state index in [0.29, 0.717) is 18.2 Å². The molecule has 0 unspecified atom stereocenters. The number of imidazole rings is 1. The number of thiophene rings is 1. The summed E-state index contributed by atoms with van der Waals surface area (Å²) in [6.45, 7) is 10.3. The highest BCUT2D eigenvalue weighted by atomic mass is 32.1. The van der Waals surface area contributed by atoms with Gasteiger partial charge in [-0.2, -0.15) is 0 Å². The molecule has 1 N–H and O–H groups in total. The fourth-order valence-corrected chi connectivity index (χ4v) is 4.38. The number of aromatic nitrogens is 4. The summed E-state index contributed by atoms with van der Waals surface area (Å²) < 4.78 is 16.5. The van der Waals surface area contributed by atoms with Crippen LogP contribution in [0.15, 0.2) is 72.2 Å². The Hall–Kier alpha value is -3.32. The maximum absolute atomic E-state index is 13.3. The first kappa shape index (κ1) is 21.9. The third-order valence-electron chi connectivity index (χ3n) is 5.23. The number of allylic oxidation sites excluding steroid dienone is 4. The molecule has 0 fully saturated rings. The van der Waals surface area contributed by atoms with Gasteiger partial charge < -0.3 is 9.88 Å². The van der Waals surface area contributed by atoms with Crippen LogP contribution in [0.3, 0.4) is 0 Å². The normalized spacial score (nSPS) is 12.8. The van der Waals surface area contributed by atoms with Gasteiger partial charge in [-0.05, 0) is 45.4 Å². The van der Waals surface area contributed by atoms with E-state index in [2.05, 4.69) is 52.8 Å². The Balaban J connectivity index is 1.69. The number of fused-ring (bicyclic) bond motifs is 2. The van der Waals surface area contributed by atoms with Crippen LogP contribution < -0.4 is 5.32 Å². The third-order valence-corrected chi connectivity index (χ3v) is 6.20. The van der Waals surface area contributed by atoms with Crippen molar-refractivity contribution in [2.24, 2.45) is 0 Å². The van der Waals surface area contributed by atoms with Crippen LogP contribution in [0.25, 0.3) is 32.6 Å². The van der Waals surface area contributed by atoms with E-state index in [1.54, 1.807) is 17.4 Å². The van der Waals surface area contributed by atoms with Crippen LogP contribution in [0, 0.1) is 0 Å². The van der Waals surface area contributed by atoms with E-state index in [1.165, 1.54) is 16.9 Å². The van der Waals surface area contributed by atoms with Gasteiger partial charge in [-0.15, -0.1) is 11.3 Å². The maximum Gasteiger partial charge on any atom is 0.166 e. The first-order valence-electron chi connectivity index (χ1n) is 10.6. The molecule has 0 saturated heterocycles. The summed E-state index contributed by atoms with van der Waals surface area (Å²) in [7, 11) is 0. The molecule has 3 heterocycles. The van der Waals surface area contributed by atoms with Gasteiger partial charge in [0.25, 0.3) is 0 Å². The quantitative estimate of drug-likeness (QED) is 0.293. The second kappa shape index (κ2) is 9.44. The molecule has 0 atom stereocenters. The SMILES string of the molecule is C=C/C(F)=C\C=C(/C)CCNc1nc(-c2csc3ccccc23)nc2c1ncn2C(C)C. The van der Waals surface area contributed by atoms with Gasteiger partial charge in [-0.1, -0.05) is 36.4 Å². The lowest BCUT2D eigenvalue weighted by atomic mass is 10.1. The number of benzene rings is 1. The van der Waals surface area contributed by atoms with Gasteiger partial charge >= 0.3 is 0 Å². The van der Waals surface area contributed by atoms with Gasteiger partial charge in [0.15, 0.2) is 17.3 Å². The van der Waals surface area contributed by atoms with Crippen molar-refractivity contribution < 1.29 is 4.39 Å².